The summed E-state index contributed by atoms with van der Waals surface area (Å²) in [7, 11) is 0. The standard InChI is InChI=1S/C28H27N3O7/c1-2-36-28(35)20-14-31-27(34)25(26(20)33)19(16-7-8-22-23(11-16)38-15-37-22)12-24(32)29-10-9-17-13-30-21-6-4-3-5-18(17)21/h3-8,11,13-14,19,30H,2,9-10,12,15H2,1H3,(H,29,32)(H2,31,33,34)/t19-/m1/s1. The third-order valence-corrected chi connectivity index (χ3v) is 6.53. The van der Waals surface area contributed by atoms with E-state index < -0.39 is 23.2 Å². The highest BCUT2D eigenvalue weighted by Crippen LogP contribution is 2.39. The number of hydrogen-bond acceptors (Lipinski definition) is 7. The number of fused-ring (bicyclic) bond motifs is 2. The lowest BCUT2D eigenvalue weighted by molar-refractivity contribution is -0.121. The zero-order valence-corrected chi connectivity index (χ0v) is 20.7. The van der Waals surface area contributed by atoms with Gasteiger partial charge in [-0.1, -0.05) is 24.3 Å². The van der Waals surface area contributed by atoms with Crippen molar-refractivity contribution in [2.24, 2.45) is 0 Å². The molecule has 0 radical (unpaired) electrons. The van der Waals surface area contributed by atoms with Gasteiger partial charge in [0, 0.05) is 42.2 Å². The van der Waals surface area contributed by atoms with Crippen LogP contribution in [0.25, 0.3) is 10.9 Å². The minimum Gasteiger partial charge on any atom is -0.506 e. The summed E-state index contributed by atoms with van der Waals surface area (Å²) < 4.78 is 15.9. The molecule has 2 aromatic heterocycles. The van der Waals surface area contributed by atoms with Gasteiger partial charge in [0.1, 0.15) is 11.3 Å². The first kappa shape index (κ1) is 24.9. The normalized spacial score (nSPS) is 12.9. The van der Waals surface area contributed by atoms with Crippen molar-refractivity contribution in [2.75, 3.05) is 19.9 Å². The smallest absolute Gasteiger partial charge is 0.343 e. The van der Waals surface area contributed by atoms with Crippen LogP contribution >= 0.6 is 0 Å². The Morgan fingerprint density at radius 1 is 1.11 bits per heavy atom. The van der Waals surface area contributed by atoms with E-state index in [-0.39, 0.29) is 36.9 Å². The average molecular weight is 518 g/mol. The molecule has 10 heteroatoms. The van der Waals surface area contributed by atoms with Crippen LogP contribution in [0.5, 0.6) is 17.2 Å². The molecule has 38 heavy (non-hydrogen) atoms. The quantitative estimate of drug-likeness (QED) is 0.249. The molecule has 0 saturated heterocycles. The van der Waals surface area contributed by atoms with Gasteiger partial charge in [0.2, 0.25) is 12.7 Å². The molecule has 1 aliphatic rings. The largest absolute Gasteiger partial charge is 0.506 e. The first-order valence-corrected chi connectivity index (χ1v) is 12.3. The Morgan fingerprint density at radius 3 is 2.76 bits per heavy atom. The Morgan fingerprint density at radius 2 is 1.92 bits per heavy atom. The Kier molecular flexibility index (Phi) is 7.03. The van der Waals surface area contributed by atoms with Gasteiger partial charge in [-0.05, 0) is 42.7 Å². The Labute approximate surface area is 217 Å². The number of carbonyl (C=O) groups excluding carboxylic acids is 2. The molecule has 0 bridgehead atoms. The van der Waals surface area contributed by atoms with Crippen LogP contribution in [-0.4, -0.2) is 46.9 Å². The summed E-state index contributed by atoms with van der Waals surface area (Å²) in [4.78, 5) is 44.2. The number of para-hydroxylation sites is 1. The molecule has 10 nitrogen and oxygen atoms in total. The van der Waals surface area contributed by atoms with Crippen molar-refractivity contribution < 1.29 is 28.9 Å². The summed E-state index contributed by atoms with van der Waals surface area (Å²) in [5.41, 5.74) is 1.72. The molecule has 1 amide bonds. The van der Waals surface area contributed by atoms with Gasteiger partial charge in [-0.15, -0.1) is 0 Å². The van der Waals surface area contributed by atoms with E-state index in [1.807, 2.05) is 30.5 Å². The number of carbonyl (C=O) groups is 2. The summed E-state index contributed by atoms with van der Waals surface area (Å²) in [6, 6.07) is 13.0. The van der Waals surface area contributed by atoms with E-state index >= 15 is 0 Å². The second-order valence-electron chi connectivity index (χ2n) is 8.84. The zero-order chi connectivity index (χ0) is 26.6. The lowest BCUT2D eigenvalue weighted by atomic mass is 9.87. The number of benzene rings is 2. The number of ether oxygens (including phenoxy) is 3. The molecule has 3 heterocycles. The van der Waals surface area contributed by atoms with Crippen molar-refractivity contribution in [1.82, 2.24) is 15.3 Å². The van der Waals surface area contributed by atoms with E-state index in [1.54, 1.807) is 25.1 Å². The maximum atomic E-state index is 13.1. The van der Waals surface area contributed by atoms with E-state index in [4.69, 9.17) is 14.2 Å². The number of pyridine rings is 1. The van der Waals surface area contributed by atoms with Gasteiger partial charge in [0.15, 0.2) is 11.5 Å². The summed E-state index contributed by atoms with van der Waals surface area (Å²) in [6.45, 7) is 2.16. The third kappa shape index (κ3) is 4.93. The summed E-state index contributed by atoms with van der Waals surface area (Å²) in [6.07, 6.45) is 3.48. The van der Waals surface area contributed by atoms with Gasteiger partial charge < -0.3 is 34.6 Å². The number of aromatic hydroxyl groups is 1. The van der Waals surface area contributed by atoms with Crippen LogP contribution < -0.4 is 20.3 Å². The predicted octanol–water partition coefficient (Wildman–Crippen LogP) is 3.35. The van der Waals surface area contributed by atoms with Gasteiger partial charge >= 0.3 is 5.97 Å². The topological polar surface area (TPSA) is 143 Å². The molecule has 0 unspecified atom stereocenters. The molecular weight excluding hydrogens is 490 g/mol. The second kappa shape index (κ2) is 10.7. The van der Waals surface area contributed by atoms with E-state index in [0.29, 0.717) is 30.0 Å². The number of esters is 1. The number of amides is 1. The fraction of sp³-hybridized carbons (Fsp3) is 0.250. The molecular formula is C28H27N3O7. The van der Waals surface area contributed by atoms with Crippen molar-refractivity contribution in [3.8, 4) is 17.2 Å². The molecule has 5 rings (SSSR count). The molecule has 2 aromatic carbocycles. The Balaban J connectivity index is 1.41. The highest BCUT2D eigenvalue weighted by molar-refractivity contribution is 5.92. The predicted molar refractivity (Wildman–Crippen MR) is 139 cm³/mol. The fourth-order valence-corrected chi connectivity index (χ4v) is 4.67. The van der Waals surface area contributed by atoms with Gasteiger partial charge in [-0.2, -0.15) is 0 Å². The zero-order valence-electron chi connectivity index (χ0n) is 20.7. The Bertz CT molecular complexity index is 1560. The molecule has 0 fully saturated rings. The monoisotopic (exact) mass is 517 g/mol. The van der Waals surface area contributed by atoms with Crippen molar-refractivity contribution in [3.63, 3.8) is 0 Å². The lowest BCUT2D eigenvalue weighted by Gasteiger charge is -2.19. The number of H-pyrrole nitrogens is 2. The summed E-state index contributed by atoms with van der Waals surface area (Å²) in [5, 5.41) is 15.0. The number of aromatic nitrogens is 2. The van der Waals surface area contributed by atoms with Crippen LogP contribution in [0.3, 0.4) is 0 Å². The fourth-order valence-electron chi connectivity index (χ4n) is 4.67. The van der Waals surface area contributed by atoms with Crippen LogP contribution in [-0.2, 0) is 16.0 Å². The van der Waals surface area contributed by atoms with Gasteiger partial charge in [0.05, 0.1) is 12.2 Å². The number of rotatable bonds is 9. The SMILES string of the molecule is CCOC(=O)c1c[nH]c(=O)c([C@H](CC(=O)NCCc2c[nH]c3ccccc23)c2ccc3c(c2)OCO3)c1O. The minimum atomic E-state index is -0.879. The van der Waals surface area contributed by atoms with Gasteiger partial charge in [-0.25, -0.2) is 4.79 Å². The maximum Gasteiger partial charge on any atom is 0.343 e. The van der Waals surface area contributed by atoms with Crippen molar-refractivity contribution >= 4 is 22.8 Å². The molecule has 4 N–H and O–H groups in total. The van der Waals surface area contributed by atoms with Crippen LogP contribution in [0.2, 0.25) is 0 Å². The Hall–Kier alpha value is -4.73. The van der Waals surface area contributed by atoms with Crippen LogP contribution in [0.15, 0.2) is 59.7 Å². The number of aromatic amines is 2. The van der Waals surface area contributed by atoms with E-state index in [2.05, 4.69) is 15.3 Å². The van der Waals surface area contributed by atoms with E-state index in [0.717, 1.165) is 22.7 Å². The first-order valence-electron chi connectivity index (χ1n) is 12.3. The molecule has 0 spiro atoms. The molecule has 1 atom stereocenters. The highest BCUT2D eigenvalue weighted by atomic mass is 16.7. The minimum absolute atomic E-state index is 0.0575. The lowest BCUT2D eigenvalue weighted by Crippen LogP contribution is -2.29. The van der Waals surface area contributed by atoms with Crippen LogP contribution in [0, 0.1) is 0 Å². The first-order chi connectivity index (χ1) is 18.5. The summed E-state index contributed by atoms with van der Waals surface area (Å²) >= 11 is 0. The van der Waals surface area contributed by atoms with Crippen LogP contribution in [0.1, 0.15) is 46.3 Å². The number of hydrogen-bond donors (Lipinski definition) is 4. The van der Waals surface area contributed by atoms with E-state index in [9.17, 15) is 19.5 Å². The highest BCUT2D eigenvalue weighted by Gasteiger charge is 2.29. The van der Waals surface area contributed by atoms with Crippen molar-refractivity contribution in [2.45, 2.75) is 25.7 Å². The average Bonchev–Trinajstić information content (AvgIpc) is 3.55. The van der Waals surface area contributed by atoms with Crippen molar-refractivity contribution in [3.05, 3.63) is 87.5 Å². The van der Waals surface area contributed by atoms with E-state index in [1.165, 1.54) is 0 Å². The molecule has 4 aromatic rings. The number of nitrogens with one attached hydrogen (secondary N) is 3. The molecule has 0 saturated carbocycles. The van der Waals surface area contributed by atoms with Crippen molar-refractivity contribution in [1.29, 1.82) is 0 Å². The van der Waals surface area contributed by atoms with Crippen LogP contribution in [0.4, 0.5) is 0 Å². The molecule has 196 valence electrons. The third-order valence-electron chi connectivity index (χ3n) is 6.53. The second-order valence-corrected chi connectivity index (χ2v) is 8.84. The van der Waals surface area contributed by atoms with Gasteiger partial charge in [0.25, 0.3) is 5.56 Å². The summed E-state index contributed by atoms with van der Waals surface area (Å²) in [5.74, 6) is -1.51. The molecule has 0 aliphatic carbocycles. The maximum absolute atomic E-state index is 13.1. The van der Waals surface area contributed by atoms with Gasteiger partial charge in [-0.3, -0.25) is 9.59 Å². The molecule has 1 aliphatic heterocycles.